The zero-order valence-electron chi connectivity index (χ0n) is 13.9. The monoisotopic (exact) mass is 331 g/mol. The van der Waals surface area contributed by atoms with Crippen molar-refractivity contribution in [3.63, 3.8) is 0 Å². The van der Waals surface area contributed by atoms with Gasteiger partial charge < -0.3 is 0 Å². The number of pyridine rings is 1. The summed E-state index contributed by atoms with van der Waals surface area (Å²) in [6.45, 7) is 0. The Morgan fingerprint density at radius 3 is 2.31 bits per heavy atom. The molecule has 120 valence electrons. The van der Waals surface area contributed by atoms with Crippen molar-refractivity contribution in [1.29, 1.82) is 0 Å². The maximum atomic E-state index is 13.0. The summed E-state index contributed by atoms with van der Waals surface area (Å²) in [4.78, 5) is 18.0. The molecule has 0 aliphatic heterocycles. The van der Waals surface area contributed by atoms with Gasteiger partial charge in [-0.2, -0.15) is 0 Å². The predicted molar refractivity (Wildman–Crippen MR) is 106 cm³/mol. The van der Waals surface area contributed by atoms with Crippen LogP contribution in [0.15, 0.2) is 78.9 Å². The van der Waals surface area contributed by atoms with Gasteiger partial charge in [-0.15, -0.1) is 0 Å². The van der Waals surface area contributed by atoms with Crippen LogP contribution in [0.3, 0.4) is 0 Å². The molecular weight excluding hydrogens is 318 g/mol. The van der Waals surface area contributed by atoms with Crippen molar-refractivity contribution >= 4 is 38.4 Å². The van der Waals surface area contributed by atoms with Crippen molar-refractivity contribution in [3.05, 3.63) is 90.0 Å². The summed E-state index contributed by atoms with van der Waals surface area (Å²) in [5, 5.41) is 4.39. The molecule has 26 heavy (non-hydrogen) atoms. The Bertz CT molecular complexity index is 1400. The third-order valence-electron chi connectivity index (χ3n) is 5.38. The second kappa shape index (κ2) is 4.77. The van der Waals surface area contributed by atoms with Crippen LogP contribution < -0.4 is 0 Å². The lowest BCUT2D eigenvalue weighted by molar-refractivity contribution is 0.104. The molecular formula is C24H13NO. The quantitative estimate of drug-likeness (QED) is 0.262. The van der Waals surface area contributed by atoms with E-state index in [0.29, 0.717) is 0 Å². The minimum absolute atomic E-state index is 0.0839. The SMILES string of the molecule is O=C1c2ccccc2-c2c3ccc4ccccc4c3nc3cccc1c23. The lowest BCUT2D eigenvalue weighted by atomic mass is 9.82. The minimum atomic E-state index is 0.0839. The van der Waals surface area contributed by atoms with Crippen molar-refractivity contribution in [2.45, 2.75) is 0 Å². The number of hydrogen-bond donors (Lipinski definition) is 0. The van der Waals surface area contributed by atoms with Crippen LogP contribution >= 0.6 is 0 Å². The fraction of sp³-hybridized carbons (Fsp3) is 0. The maximum Gasteiger partial charge on any atom is 0.194 e. The van der Waals surface area contributed by atoms with Crippen LogP contribution in [0.25, 0.3) is 43.7 Å². The molecule has 0 saturated heterocycles. The third kappa shape index (κ3) is 1.61. The second-order valence-electron chi connectivity index (χ2n) is 6.74. The molecule has 0 saturated carbocycles. The van der Waals surface area contributed by atoms with Crippen LogP contribution in [0, 0.1) is 0 Å². The van der Waals surface area contributed by atoms with Gasteiger partial charge in [0, 0.05) is 32.8 Å². The molecule has 2 heteroatoms. The number of ketones is 1. The number of nitrogens with zero attached hydrogens (tertiary/aromatic N) is 1. The fourth-order valence-corrected chi connectivity index (χ4v) is 4.24. The Labute approximate surface area is 149 Å². The highest BCUT2D eigenvalue weighted by molar-refractivity contribution is 6.30. The van der Waals surface area contributed by atoms with Crippen LogP contribution in [0.4, 0.5) is 0 Å². The number of benzene rings is 4. The highest BCUT2D eigenvalue weighted by Gasteiger charge is 2.27. The zero-order valence-corrected chi connectivity index (χ0v) is 13.9. The van der Waals surface area contributed by atoms with Gasteiger partial charge in [-0.3, -0.25) is 4.79 Å². The number of hydrogen-bond acceptors (Lipinski definition) is 2. The topological polar surface area (TPSA) is 30.0 Å². The van der Waals surface area contributed by atoms with Crippen molar-refractivity contribution < 1.29 is 4.79 Å². The van der Waals surface area contributed by atoms with Crippen molar-refractivity contribution in [2.24, 2.45) is 0 Å². The predicted octanol–water partition coefficient (Wildman–Crippen LogP) is 5.75. The van der Waals surface area contributed by atoms with Gasteiger partial charge in [0.25, 0.3) is 0 Å². The molecule has 4 aromatic carbocycles. The molecule has 0 bridgehead atoms. The second-order valence-corrected chi connectivity index (χ2v) is 6.74. The lowest BCUT2D eigenvalue weighted by Gasteiger charge is -2.21. The van der Waals surface area contributed by atoms with Gasteiger partial charge in [-0.05, 0) is 17.0 Å². The Morgan fingerprint density at radius 1 is 0.615 bits per heavy atom. The largest absolute Gasteiger partial charge is 0.289 e. The first-order valence-corrected chi connectivity index (χ1v) is 8.71. The summed E-state index contributed by atoms with van der Waals surface area (Å²) in [5.41, 5.74) is 5.52. The third-order valence-corrected chi connectivity index (χ3v) is 5.38. The van der Waals surface area contributed by atoms with E-state index >= 15 is 0 Å². The molecule has 5 aromatic rings. The number of aromatic nitrogens is 1. The smallest absolute Gasteiger partial charge is 0.194 e. The maximum absolute atomic E-state index is 13.0. The van der Waals surface area contributed by atoms with E-state index < -0.39 is 0 Å². The van der Waals surface area contributed by atoms with Gasteiger partial charge in [-0.1, -0.05) is 72.8 Å². The van der Waals surface area contributed by atoms with Gasteiger partial charge in [0.1, 0.15) is 0 Å². The van der Waals surface area contributed by atoms with Gasteiger partial charge in [0.15, 0.2) is 5.78 Å². The molecule has 0 amide bonds. The van der Waals surface area contributed by atoms with Crippen LogP contribution in [-0.2, 0) is 0 Å². The number of rotatable bonds is 0. The molecule has 0 spiro atoms. The van der Waals surface area contributed by atoms with Crippen molar-refractivity contribution in [3.8, 4) is 11.1 Å². The minimum Gasteiger partial charge on any atom is -0.289 e. The summed E-state index contributed by atoms with van der Waals surface area (Å²) in [7, 11) is 0. The van der Waals surface area contributed by atoms with E-state index in [0.717, 1.165) is 49.4 Å². The van der Waals surface area contributed by atoms with Gasteiger partial charge in [0.05, 0.1) is 11.0 Å². The number of fused-ring (bicyclic) bond motifs is 6. The summed E-state index contributed by atoms with van der Waals surface area (Å²) < 4.78 is 0. The first-order chi connectivity index (χ1) is 12.8. The first-order valence-electron chi connectivity index (χ1n) is 8.71. The molecule has 6 rings (SSSR count). The average molecular weight is 331 g/mol. The molecule has 0 unspecified atom stereocenters. The van der Waals surface area contributed by atoms with Crippen LogP contribution in [0.5, 0.6) is 0 Å². The van der Waals surface area contributed by atoms with Gasteiger partial charge in [-0.25, -0.2) is 4.98 Å². The highest BCUT2D eigenvalue weighted by atomic mass is 16.1. The van der Waals surface area contributed by atoms with E-state index in [9.17, 15) is 4.79 Å². The van der Waals surface area contributed by atoms with Crippen LogP contribution in [-0.4, -0.2) is 10.8 Å². The van der Waals surface area contributed by atoms with E-state index in [-0.39, 0.29) is 5.78 Å². The van der Waals surface area contributed by atoms with E-state index in [1.54, 1.807) is 0 Å². The number of carbonyl (C=O) groups is 1. The molecule has 2 nitrogen and oxygen atoms in total. The van der Waals surface area contributed by atoms with E-state index in [1.807, 2.05) is 54.6 Å². The molecule has 0 N–H and O–H groups in total. The van der Waals surface area contributed by atoms with Gasteiger partial charge >= 0.3 is 0 Å². The summed E-state index contributed by atoms with van der Waals surface area (Å²) in [6.07, 6.45) is 0. The molecule has 1 aromatic heterocycles. The summed E-state index contributed by atoms with van der Waals surface area (Å²) in [6, 6.07) is 26.4. The van der Waals surface area contributed by atoms with Gasteiger partial charge in [0.2, 0.25) is 0 Å². The Kier molecular flexibility index (Phi) is 2.52. The van der Waals surface area contributed by atoms with E-state index in [4.69, 9.17) is 4.98 Å². The molecule has 0 fully saturated rings. The lowest BCUT2D eigenvalue weighted by Crippen LogP contribution is -2.10. The fourth-order valence-electron chi connectivity index (χ4n) is 4.24. The zero-order chi connectivity index (χ0) is 17.3. The average Bonchev–Trinajstić information content (AvgIpc) is 2.70. The summed E-state index contributed by atoms with van der Waals surface area (Å²) >= 11 is 0. The summed E-state index contributed by atoms with van der Waals surface area (Å²) in [5.74, 6) is 0.0839. The van der Waals surface area contributed by atoms with E-state index in [2.05, 4.69) is 24.3 Å². The Hall–Kier alpha value is -3.52. The molecule has 0 atom stereocenters. The van der Waals surface area contributed by atoms with Crippen molar-refractivity contribution in [2.75, 3.05) is 0 Å². The Morgan fingerprint density at radius 2 is 1.38 bits per heavy atom. The molecule has 1 heterocycles. The normalized spacial score (nSPS) is 12.7. The molecule has 0 radical (unpaired) electrons. The molecule has 1 aliphatic carbocycles. The van der Waals surface area contributed by atoms with E-state index in [1.165, 1.54) is 5.39 Å². The molecule has 1 aliphatic rings. The Balaban J connectivity index is 1.95. The first kappa shape index (κ1) is 13.7. The number of carbonyl (C=O) groups excluding carboxylic acids is 1. The standard InChI is InChI=1S/C24H13NO/c26-24-17-9-4-3-8-16(17)21-18-13-12-14-6-1-2-7-15(14)23(18)25-20-11-5-10-19(24)22(20)21/h1-13H. The van der Waals surface area contributed by atoms with Crippen molar-refractivity contribution in [1.82, 2.24) is 4.98 Å². The van der Waals surface area contributed by atoms with Crippen LogP contribution in [0.2, 0.25) is 0 Å². The van der Waals surface area contributed by atoms with Crippen LogP contribution in [0.1, 0.15) is 15.9 Å². The highest BCUT2D eigenvalue weighted by Crippen LogP contribution is 2.43.